The smallest absolute Gasteiger partial charge is 0.192 e. The Hall–Kier alpha value is -4.85. The number of Topliss-reactive ketones (excluding diaryl/α,β-unsaturated/α-hetero) is 2. The normalized spacial score (nSPS) is 37.7. The highest BCUT2D eigenvalue weighted by Gasteiger charge is 2.78. The van der Waals surface area contributed by atoms with Gasteiger partial charge in [0, 0.05) is 28.5 Å². The highest BCUT2D eigenvalue weighted by Crippen LogP contribution is 2.73. The van der Waals surface area contributed by atoms with Gasteiger partial charge in [0.1, 0.15) is 11.5 Å². The van der Waals surface area contributed by atoms with Crippen molar-refractivity contribution >= 4 is 45.7 Å². The van der Waals surface area contributed by atoms with Gasteiger partial charge in [-0.25, -0.2) is 4.68 Å². The Morgan fingerprint density at radius 3 is 1.62 bits per heavy atom. The fourth-order valence-corrected chi connectivity index (χ4v) is 21.7. The first kappa shape index (κ1) is 72.4. The maximum Gasteiger partial charge on any atom is 0.192 e. The summed E-state index contributed by atoms with van der Waals surface area (Å²) in [7, 11) is -4.36. The number of allylic oxidation sites excluding steroid dienone is 3. The quantitative estimate of drug-likeness (QED) is 0.0260. The average molecular weight is 1360 g/mol. The maximum atomic E-state index is 14.6. The number of aliphatic hydroxyl groups is 3. The highest BCUT2D eigenvalue weighted by atomic mass is 28.4. The molecule has 0 spiro atoms. The van der Waals surface area contributed by atoms with Crippen LogP contribution in [0.1, 0.15) is 178 Å². The Kier molecular flexibility index (Phi) is 19.6. The van der Waals surface area contributed by atoms with Crippen molar-refractivity contribution in [3.05, 3.63) is 95.0 Å². The molecule has 8 fully saturated rings. The largest absolute Gasteiger partial charge is 0.515 e. The Bertz CT molecular complexity index is 3540. The van der Waals surface area contributed by atoms with E-state index in [1.165, 1.54) is 5.57 Å². The molecule has 0 bridgehead atoms. The number of rotatable bonds is 14. The number of anilines is 1. The fraction of sp³-hybridized carbons (Fsp3) is 0.684. The lowest BCUT2D eigenvalue weighted by Gasteiger charge is -2.60. The molecule has 10 aliphatic rings. The van der Waals surface area contributed by atoms with Gasteiger partial charge in [-0.05, 0) is 202 Å². The molecule has 1 aromatic heterocycles. The number of fused-ring (bicyclic) bond motifs is 15. The van der Waals surface area contributed by atoms with Gasteiger partial charge in [0.15, 0.2) is 57.8 Å². The maximum absolute atomic E-state index is 14.6. The third kappa shape index (κ3) is 11.8. The van der Waals surface area contributed by atoms with E-state index in [2.05, 4.69) is 121 Å². The monoisotopic (exact) mass is 1360 g/mol. The number of phenolic OH excluding ortho intramolecular Hbond substituents is 2. The van der Waals surface area contributed by atoms with E-state index in [0.717, 1.165) is 93.0 Å². The zero-order valence-electron chi connectivity index (χ0n) is 60.1. The van der Waals surface area contributed by atoms with E-state index in [0.29, 0.717) is 36.9 Å². The predicted molar refractivity (Wildman–Crippen MR) is 375 cm³/mol. The molecule has 13 rings (SSSR count). The Labute approximate surface area is 571 Å². The summed E-state index contributed by atoms with van der Waals surface area (Å²) >= 11 is 0. The van der Waals surface area contributed by atoms with Crippen LogP contribution in [-0.4, -0.2) is 131 Å². The third-order valence-corrected chi connectivity index (χ3v) is 35.7. The van der Waals surface area contributed by atoms with Crippen molar-refractivity contribution in [3.8, 4) is 17.2 Å². The van der Waals surface area contributed by atoms with E-state index < -0.39 is 68.9 Å². The number of hydrazine groups is 1. The molecule has 18 nitrogen and oxygen atoms in total. The molecule has 8 aliphatic carbocycles. The second-order valence-corrected chi connectivity index (χ2v) is 43.7. The summed E-state index contributed by atoms with van der Waals surface area (Å²) in [5, 5.41) is 57.8. The number of aliphatic hydroxyl groups excluding tert-OH is 3. The topological polar surface area (TPSA) is 264 Å². The van der Waals surface area contributed by atoms with Crippen LogP contribution in [0.2, 0.25) is 36.3 Å². The van der Waals surface area contributed by atoms with Gasteiger partial charge in [-0.3, -0.25) is 20.2 Å². The number of ketones is 3. The van der Waals surface area contributed by atoms with E-state index in [1.54, 1.807) is 42.5 Å². The van der Waals surface area contributed by atoms with Crippen molar-refractivity contribution < 1.29 is 67.7 Å². The molecule has 2 saturated heterocycles. The van der Waals surface area contributed by atoms with E-state index in [-0.39, 0.29) is 105 Å². The van der Waals surface area contributed by atoms with Gasteiger partial charge < -0.3 is 58.8 Å². The summed E-state index contributed by atoms with van der Waals surface area (Å²) in [6.07, 6.45) is 14.5. The molecule has 6 saturated carbocycles. The lowest BCUT2D eigenvalue weighted by molar-refractivity contribution is -0.202. The number of ether oxygens (including phenoxy) is 4. The number of phenols is 2. The number of nitrogens with one attached hydrogen (secondary N) is 1. The SMILES string of the molecule is CCCC1O[C@@H]2C[C@H]3[C@@H]4CCC5=CC(=O)/C(=C/O)C[C@]5(C)[C@H]4[C@@H](O)C[C@]3(C)[C@]2(C(=O)CO[Si](C)(C)C(C)(C)C)O1.CCCC1O[C@@H]2C[C@H]3[C@@H]4CCC5=Cc6c(cnn6-c6cccc(O)c6)C[C@]5(C)[C@H]4[C@@H](O)C[C@]3(C)[C@]2(C(=O)CO[Si](C)(C)C(C)(C)C)O1.NNc1cccc(O)c1. The molecule has 2 unspecified atom stereocenters. The minimum absolute atomic E-state index is 0.000927. The number of nitrogens with zero attached hydrogens (tertiary/aromatic N) is 2. The van der Waals surface area contributed by atoms with Gasteiger partial charge in [0.25, 0.3) is 0 Å². The molecule has 3 aromatic rings. The van der Waals surface area contributed by atoms with Crippen LogP contribution in [0.5, 0.6) is 11.5 Å². The highest BCUT2D eigenvalue weighted by molar-refractivity contribution is 6.74. The summed E-state index contributed by atoms with van der Waals surface area (Å²) in [6.45, 7) is 34.9. The number of hydrogen-bond donors (Lipinski definition) is 7. The second kappa shape index (κ2) is 26.0. The van der Waals surface area contributed by atoms with Crippen LogP contribution in [0.4, 0.5) is 5.69 Å². The fourth-order valence-electron chi connectivity index (χ4n) is 19.9. The van der Waals surface area contributed by atoms with Crippen molar-refractivity contribution in [2.45, 2.75) is 257 Å². The molecule has 0 radical (unpaired) electrons. The van der Waals surface area contributed by atoms with Crippen molar-refractivity contribution in [3.63, 3.8) is 0 Å². The number of benzene rings is 2. The number of nitrogen functional groups attached to an aromatic ring is 1. The number of aromatic hydroxyl groups is 2. The summed E-state index contributed by atoms with van der Waals surface area (Å²) in [5.74, 6) is 5.98. The van der Waals surface area contributed by atoms with E-state index >= 15 is 0 Å². The Morgan fingerprint density at radius 2 is 1.19 bits per heavy atom. The van der Waals surface area contributed by atoms with Crippen molar-refractivity contribution in [2.24, 2.45) is 63.0 Å². The molecular weight excluding hydrogens is 1250 g/mol. The first-order valence-electron chi connectivity index (χ1n) is 35.7. The molecule has 8 N–H and O–H groups in total. The van der Waals surface area contributed by atoms with Crippen LogP contribution in [0.15, 0.2) is 83.8 Å². The van der Waals surface area contributed by atoms with Crippen molar-refractivity contribution in [2.75, 3.05) is 18.6 Å². The van der Waals surface area contributed by atoms with Gasteiger partial charge in [0.2, 0.25) is 0 Å². The lowest BCUT2D eigenvalue weighted by Crippen LogP contribution is -2.64. The minimum atomic E-state index is -2.18. The minimum Gasteiger partial charge on any atom is -0.515 e. The van der Waals surface area contributed by atoms with Crippen LogP contribution in [-0.2, 0) is 48.6 Å². The predicted octanol–water partition coefficient (Wildman–Crippen LogP) is 13.9. The standard InChI is InChI=1S/C38H54N2O6Si.C32H50O7Si.C6H8N2O/c1-9-11-33-45-32-18-28-27-15-14-24-16-29-23(21-39-40(29)25-12-10-13-26(41)17-25)19-36(24,5)34(27)30(42)20-37(28,6)38(32,46-33)31(43)22-44-47(7,8)35(2,3)4;1-9-10-27-38-26-14-22-21-12-11-20-13-23(34)19(17-33)15-30(20,5)28(21)24(35)16-31(22,6)32(26,39-27)25(36)18-37-40(7,8)29(2,3)4;7-8-5-2-1-3-6(9)4-5/h10,12-13,16-17,21,27-28,30,32-34,41-42H,9,11,14-15,18-20,22H2,1-8H3;13,17,21-22,24,26-28,33,35H,9-12,14-16,18H2,1-8H3;1-4,8-9H,7H2/b;19-17+;/t27-,28-,30-,32+,33?,34+,36-,37-,38+;21-,22-,24-,26+,27?,28+,30-,31-,32+;/m00./s1. The molecule has 20 heteroatoms. The van der Waals surface area contributed by atoms with E-state index in [9.17, 15) is 34.8 Å². The molecule has 528 valence electrons. The number of carbonyl (C=O) groups excluding carboxylic acids is 3. The number of hydrogen-bond acceptors (Lipinski definition) is 17. The molecule has 18 atom stereocenters. The van der Waals surface area contributed by atoms with Crippen molar-refractivity contribution in [1.29, 1.82) is 0 Å². The zero-order chi connectivity index (χ0) is 69.9. The van der Waals surface area contributed by atoms with Gasteiger partial charge in [-0.15, -0.1) is 0 Å². The average Bonchev–Trinajstić information content (AvgIpc) is 1.45. The van der Waals surface area contributed by atoms with Crippen LogP contribution >= 0.6 is 0 Å². The summed E-state index contributed by atoms with van der Waals surface area (Å²) in [4.78, 5) is 41.7. The van der Waals surface area contributed by atoms with Crippen LogP contribution < -0.4 is 11.3 Å². The third-order valence-electron chi connectivity index (χ3n) is 26.7. The molecule has 2 aromatic carbocycles. The molecule has 0 amide bonds. The number of nitrogens with two attached hydrogens (primary N) is 1. The number of carbonyl (C=O) groups is 3. The van der Waals surface area contributed by atoms with Crippen LogP contribution in [0.25, 0.3) is 11.8 Å². The molecular formula is C76H112N4O14Si2. The van der Waals surface area contributed by atoms with E-state index in [4.69, 9.17) is 43.8 Å². The Morgan fingerprint density at radius 1 is 0.719 bits per heavy atom. The van der Waals surface area contributed by atoms with Crippen LogP contribution in [0.3, 0.4) is 0 Å². The molecule has 2 aliphatic heterocycles. The first-order chi connectivity index (χ1) is 44.9. The lowest BCUT2D eigenvalue weighted by atomic mass is 9.45. The van der Waals surface area contributed by atoms with Gasteiger partial charge in [0.05, 0.1) is 67.2 Å². The summed E-state index contributed by atoms with van der Waals surface area (Å²) < 4.78 is 41.7. The molecule has 3 heterocycles. The Balaban J connectivity index is 0.000000174. The second-order valence-electron chi connectivity index (χ2n) is 34.1. The first-order valence-corrected chi connectivity index (χ1v) is 41.5. The summed E-state index contributed by atoms with van der Waals surface area (Å²) in [5.41, 5.74) is 4.92. The zero-order valence-corrected chi connectivity index (χ0v) is 62.1. The van der Waals surface area contributed by atoms with Gasteiger partial charge >= 0.3 is 0 Å². The van der Waals surface area contributed by atoms with E-state index in [1.807, 2.05) is 23.0 Å². The number of aromatic nitrogens is 2. The van der Waals surface area contributed by atoms with Gasteiger partial charge in [-0.1, -0.05) is 119 Å². The van der Waals surface area contributed by atoms with Crippen molar-refractivity contribution in [1.82, 2.24) is 9.78 Å². The van der Waals surface area contributed by atoms with Crippen LogP contribution in [0, 0.1) is 57.2 Å². The van der Waals surface area contributed by atoms with Gasteiger partial charge in [-0.2, -0.15) is 5.10 Å². The molecule has 96 heavy (non-hydrogen) atoms. The summed E-state index contributed by atoms with van der Waals surface area (Å²) in [6, 6.07) is 13.8.